The third-order valence-electron chi connectivity index (χ3n) is 5.05. The molecule has 2 aromatic carbocycles. The number of aryl methyl sites for hydroxylation is 2. The Balaban J connectivity index is 1.51. The summed E-state index contributed by atoms with van der Waals surface area (Å²) in [4.78, 5) is 31.3. The van der Waals surface area contributed by atoms with Crippen molar-refractivity contribution >= 4 is 23.2 Å². The van der Waals surface area contributed by atoms with Gasteiger partial charge in [0.2, 0.25) is 23.5 Å². The predicted molar refractivity (Wildman–Crippen MR) is 111 cm³/mol. The molecule has 0 spiro atoms. The number of nitrogens with one attached hydrogen (secondary N) is 1. The van der Waals surface area contributed by atoms with Crippen LogP contribution in [-0.2, 0) is 9.59 Å². The number of hydrogen-bond donors (Lipinski definition) is 1. The molecule has 0 saturated carbocycles. The lowest BCUT2D eigenvalue weighted by molar-refractivity contribution is -0.122. The number of aromatic nitrogens is 2. The number of anilines is 2. The van der Waals surface area contributed by atoms with E-state index in [0.717, 1.165) is 11.1 Å². The van der Waals surface area contributed by atoms with Crippen LogP contribution < -0.4 is 15.0 Å². The van der Waals surface area contributed by atoms with Gasteiger partial charge in [-0.2, -0.15) is 4.98 Å². The van der Waals surface area contributed by atoms with Crippen LogP contribution in [0.3, 0.4) is 0 Å². The van der Waals surface area contributed by atoms with Crippen molar-refractivity contribution in [2.75, 3.05) is 23.9 Å². The van der Waals surface area contributed by atoms with E-state index in [-0.39, 0.29) is 18.2 Å². The number of benzene rings is 2. The maximum absolute atomic E-state index is 12.8. The fourth-order valence-corrected chi connectivity index (χ4v) is 3.52. The Bertz CT molecular complexity index is 1110. The van der Waals surface area contributed by atoms with Crippen LogP contribution >= 0.6 is 0 Å². The van der Waals surface area contributed by atoms with Crippen LogP contribution in [0, 0.1) is 19.8 Å². The largest absolute Gasteiger partial charge is 0.495 e. The number of carbonyl (C=O) groups is 2. The minimum Gasteiger partial charge on any atom is -0.495 e. The Morgan fingerprint density at radius 2 is 2.07 bits per heavy atom. The van der Waals surface area contributed by atoms with Crippen molar-refractivity contribution in [3.05, 3.63) is 53.9 Å². The van der Waals surface area contributed by atoms with Gasteiger partial charge < -0.3 is 19.5 Å². The summed E-state index contributed by atoms with van der Waals surface area (Å²) in [7, 11) is 1.55. The van der Waals surface area contributed by atoms with Gasteiger partial charge in [0.15, 0.2) is 0 Å². The van der Waals surface area contributed by atoms with Crippen molar-refractivity contribution in [1.29, 1.82) is 0 Å². The molecule has 0 aliphatic carbocycles. The zero-order chi connectivity index (χ0) is 21.3. The van der Waals surface area contributed by atoms with Gasteiger partial charge in [0.25, 0.3) is 0 Å². The van der Waals surface area contributed by atoms with Crippen LogP contribution in [0.1, 0.15) is 17.9 Å². The van der Waals surface area contributed by atoms with Gasteiger partial charge in [-0.15, -0.1) is 0 Å². The van der Waals surface area contributed by atoms with E-state index in [9.17, 15) is 9.59 Å². The smallest absolute Gasteiger partial charge is 0.229 e. The highest BCUT2D eigenvalue weighted by atomic mass is 16.5. The van der Waals surface area contributed by atoms with E-state index in [0.29, 0.717) is 35.4 Å². The van der Waals surface area contributed by atoms with Gasteiger partial charge in [-0.25, -0.2) is 0 Å². The van der Waals surface area contributed by atoms with Crippen LogP contribution in [0.15, 0.2) is 47.0 Å². The summed E-state index contributed by atoms with van der Waals surface area (Å²) in [6.45, 7) is 3.96. The van der Waals surface area contributed by atoms with Crippen molar-refractivity contribution in [3.63, 3.8) is 0 Å². The zero-order valence-electron chi connectivity index (χ0n) is 17.0. The maximum Gasteiger partial charge on any atom is 0.229 e. The fourth-order valence-electron chi connectivity index (χ4n) is 3.52. The molecule has 1 atom stereocenters. The minimum atomic E-state index is -0.459. The molecule has 0 unspecified atom stereocenters. The van der Waals surface area contributed by atoms with Crippen LogP contribution in [0.5, 0.6) is 5.75 Å². The van der Waals surface area contributed by atoms with Crippen LogP contribution in [0.2, 0.25) is 0 Å². The summed E-state index contributed by atoms with van der Waals surface area (Å²) in [6.07, 6.45) is 0.144. The third kappa shape index (κ3) is 3.89. The van der Waals surface area contributed by atoms with Gasteiger partial charge >= 0.3 is 0 Å². The lowest BCUT2D eigenvalue weighted by Gasteiger charge is -2.18. The van der Waals surface area contributed by atoms with E-state index >= 15 is 0 Å². The molecule has 0 radical (unpaired) electrons. The molecular formula is C22H22N4O4. The number of nitrogens with zero attached hydrogens (tertiary/aromatic N) is 3. The number of hydrogen-bond acceptors (Lipinski definition) is 6. The van der Waals surface area contributed by atoms with Gasteiger partial charge in [0.05, 0.1) is 18.7 Å². The van der Waals surface area contributed by atoms with Gasteiger partial charge in [-0.05, 0) is 36.8 Å². The maximum atomic E-state index is 12.8. The molecule has 30 heavy (non-hydrogen) atoms. The fraction of sp³-hybridized carbons (Fsp3) is 0.273. The van der Waals surface area contributed by atoms with Gasteiger partial charge in [0, 0.05) is 31.1 Å². The molecule has 1 aliphatic heterocycles. The summed E-state index contributed by atoms with van der Waals surface area (Å²) in [5.41, 5.74) is 3.05. The Morgan fingerprint density at radius 3 is 2.80 bits per heavy atom. The molecule has 1 N–H and O–H groups in total. The molecule has 1 saturated heterocycles. The van der Waals surface area contributed by atoms with E-state index in [4.69, 9.17) is 9.26 Å². The Morgan fingerprint density at radius 1 is 1.23 bits per heavy atom. The van der Waals surface area contributed by atoms with E-state index in [1.54, 1.807) is 18.9 Å². The summed E-state index contributed by atoms with van der Waals surface area (Å²) >= 11 is 0. The summed E-state index contributed by atoms with van der Waals surface area (Å²) in [5, 5.41) is 6.82. The second-order valence-corrected chi connectivity index (χ2v) is 7.29. The zero-order valence-corrected chi connectivity index (χ0v) is 17.0. The molecule has 2 amide bonds. The first kappa shape index (κ1) is 19.6. The number of methoxy groups -OCH3 is 1. The average molecular weight is 406 g/mol. The number of ether oxygens (including phenoxy) is 1. The summed E-state index contributed by atoms with van der Waals surface area (Å²) < 4.78 is 10.4. The van der Waals surface area contributed by atoms with Gasteiger partial charge in [-0.1, -0.05) is 23.4 Å². The quantitative estimate of drug-likeness (QED) is 0.698. The molecule has 1 aliphatic rings. The lowest BCUT2D eigenvalue weighted by atomic mass is 10.1. The molecule has 0 bridgehead atoms. The minimum absolute atomic E-state index is 0.104. The van der Waals surface area contributed by atoms with Crippen LogP contribution in [0.25, 0.3) is 11.4 Å². The Kier molecular flexibility index (Phi) is 5.22. The molecule has 1 fully saturated rings. The normalized spacial score (nSPS) is 16.0. The predicted octanol–water partition coefficient (Wildman–Crippen LogP) is 3.35. The topological polar surface area (TPSA) is 97.6 Å². The molecule has 8 heteroatoms. The van der Waals surface area contributed by atoms with E-state index in [1.807, 2.05) is 49.4 Å². The van der Waals surface area contributed by atoms with E-state index in [1.165, 1.54) is 0 Å². The monoisotopic (exact) mass is 406 g/mol. The van der Waals surface area contributed by atoms with Crippen LogP contribution in [0.4, 0.5) is 11.4 Å². The van der Waals surface area contributed by atoms with Crippen molar-refractivity contribution in [2.24, 2.45) is 5.92 Å². The van der Waals surface area contributed by atoms with Crippen molar-refractivity contribution in [2.45, 2.75) is 20.3 Å². The molecule has 3 aromatic rings. The number of rotatable bonds is 5. The van der Waals surface area contributed by atoms with Crippen molar-refractivity contribution < 1.29 is 18.8 Å². The lowest BCUT2D eigenvalue weighted by Crippen LogP contribution is -2.28. The first-order valence-corrected chi connectivity index (χ1v) is 9.61. The summed E-state index contributed by atoms with van der Waals surface area (Å²) in [6, 6.07) is 12.9. The number of carbonyl (C=O) groups excluding carboxylic acids is 2. The standard InChI is InChI=1S/C22H22N4O4/c1-13-7-8-19(29-3)18(9-13)24-22(28)16-11-20(27)26(12-16)17-6-4-5-15(10-17)21-23-14(2)30-25-21/h4-10,16H,11-12H2,1-3H3,(H,24,28)/t16-/m0/s1. The molecule has 2 heterocycles. The van der Waals surface area contributed by atoms with E-state index < -0.39 is 5.92 Å². The molecular weight excluding hydrogens is 384 g/mol. The van der Waals surface area contributed by atoms with E-state index in [2.05, 4.69) is 15.5 Å². The Labute approximate surface area is 173 Å². The highest BCUT2D eigenvalue weighted by molar-refractivity contribution is 6.04. The van der Waals surface area contributed by atoms with Gasteiger partial charge in [0.1, 0.15) is 5.75 Å². The molecule has 8 nitrogen and oxygen atoms in total. The third-order valence-corrected chi connectivity index (χ3v) is 5.05. The average Bonchev–Trinajstić information content (AvgIpc) is 3.34. The molecule has 1 aromatic heterocycles. The molecule has 154 valence electrons. The summed E-state index contributed by atoms with van der Waals surface area (Å²) in [5.74, 6) is 0.738. The first-order valence-electron chi connectivity index (χ1n) is 9.61. The highest BCUT2D eigenvalue weighted by Gasteiger charge is 2.35. The first-order chi connectivity index (χ1) is 14.4. The van der Waals surface area contributed by atoms with Crippen LogP contribution in [-0.4, -0.2) is 35.6 Å². The second-order valence-electron chi connectivity index (χ2n) is 7.29. The van der Waals surface area contributed by atoms with Crippen molar-refractivity contribution in [3.8, 4) is 17.1 Å². The SMILES string of the molecule is COc1ccc(C)cc1NC(=O)[C@H]1CC(=O)N(c2cccc(-c3noc(C)n3)c2)C1. The number of amides is 2. The van der Waals surface area contributed by atoms with Gasteiger partial charge in [-0.3, -0.25) is 9.59 Å². The molecule has 4 rings (SSSR count). The van der Waals surface area contributed by atoms with Crippen molar-refractivity contribution in [1.82, 2.24) is 10.1 Å². The second kappa shape index (κ2) is 7.98. The Hall–Kier alpha value is -3.68. The highest BCUT2D eigenvalue weighted by Crippen LogP contribution is 2.30.